The Labute approximate surface area is 82.5 Å². The van der Waals surface area contributed by atoms with Crippen LogP contribution in [0.2, 0.25) is 0 Å². The summed E-state index contributed by atoms with van der Waals surface area (Å²) in [5, 5.41) is 0. The summed E-state index contributed by atoms with van der Waals surface area (Å²) in [6, 6.07) is 0.731. The summed E-state index contributed by atoms with van der Waals surface area (Å²) >= 11 is 0. The van der Waals surface area contributed by atoms with Crippen molar-refractivity contribution in [3.63, 3.8) is 0 Å². The van der Waals surface area contributed by atoms with Crippen molar-refractivity contribution in [2.45, 2.75) is 51.5 Å². The molecule has 1 rings (SSSR count). The average Bonchev–Trinajstić information content (AvgIpc) is 2.13. The van der Waals surface area contributed by atoms with Gasteiger partial charge in [0.05, 0.1) is 13.1 Å². The van der Waals surface area contributed by atoms with E-state index in [0.29, 0.717) is 0 Å². The predicted octanol–water partition coefficient (Wildman–Crippen LogP) is -0.144. The quantitative estimate of drug-likeness (QED) is 0.560. The Morgan fingerprint density at radius 3 is 2.85 bits per heavy atom. The standard InChI is InChI=1S/C11H24N2/c1-2-3-4-5-8-13-9-6-7-11(12)10-13/h11H,2-10,12H2,1H3/p+2. The molecule has 1 aliphatic rings. The highest BCUT2D eigenvalue weighted by atomic mass is 15.1. The molecule has 1 heterocycles. The molecule has 0 saturated carbocycles. The van der Waals surface area contributed by atoms with E-state index >= 15 is 0 Å². The molecule has 1 aliphatic heterocycles. The van der Waals surface area contributed by atoms with Gasteiger partial charge in [-0.3, -0.25) is 0 Å². The molecule has 2 unspecified atom stereocenters. The summed E-state index contributed by atoms with van der Waals surface area (Å²) in [6.45, 7) is 6.40. The Morgan fingerprint density at radius 2 is 2.15 bits per heavy atom. The Morgan fingerprint density at radius 1 is 1.31 bits per heavy atom. The van der Waals surface area contributed by atoms with Gasteiger partial charge < -0.3 is 10.6 Å². The molecule has 0 bridgehead atoms. The third kappa shape index (κ3) is 4.63. The molecular weight excluding hydrogens is 160 g/mol. The van der Waals surface area contributed by atoms with Crippen LogP contribution in [0.4, 0.5) is 0 Å². The minimum atomic E-state index is 0.731. The van der Waals surface area contributed by atoms with Crippen LogP contribution in [-0.4, -0.2) is 25.7 Å². The van der Waals surface area contributed by atoms with Gasteiger partial charge in [0.15, 0.2) is 0 Å². The lowest BCUT2D eigenvalue weighted by Crippen LogP contribution is -3.15. The van der Waals surface area contributed by atoms with Crippen molar-refractivity contribution in [3.8, 4) is 0 Å². The fourth-order valence-corrected chi connectivity index (χ4v) is 2.28. The number of quaternary nitrogens is 2. The van der Waals surface area contributed by atoms with Gasteiger partial charge in [0.1, 0.15) is 12.6 Å². The zero-order chi connectivity index (χ0) is 9.52. The van der Waals surface area contributed by atoms with Crippen LogP contribution in [-0.2, 0) is 0 Å². The molecule has 4 N–H and O–H groups in total. The Hall–Kier alpha value is -0.0800. The van der Waals surface area contributed by atoms with Gasteiger partial charge in [-0.25, -0.2) is 0 Å². The molecule has 2 nitrogen and oxygen atoms in total. The molecule has 1 fully saturated rings. The van der Waals surface area contributed by atoms with E-state index in [1.807, 2.05) is 4.90 Å². The molecule has 78 valence electrons. The van der Waals surface area contributed by atoms with Crippen LogP contribution < -0.4 is 10.6 Å². The molecule has 1 saturated heterocycles. The number of piperidine rings is 1. The lowest BCUT2D eigenvalue weighted by atomic mass is 10.1. The number of nitrogens with one attached hydrogen (secondary N) is 1. The lowest BCUT2D eigenvalue weighted by Gasteiger charge is -2.25. The van der Waals surface area contributed by atoms with Crippen molar-refractivity contribution in [2.75, 3.05) is 19.6 Å². The van der Waals surface area contributed by atoms with Crippen LogP contribution >= 0.6 is 0 Å². The van der Waals surface area contributed by atoms with Crippen LogP contribution in [0.25, 0.3) is 0 Å². The van der Waals surface area contributed by atoms with Gasteiger partial charge in [-0.15, -0.1) is 0 Å². The zero-order valence-corrected chi connectivity index (χ0v) is 9.15. The van der Waals surface area contributed by atoms with Gasteiger partial charge >= 0.3 is 0 Å². The first kappa shape index (κ1) is 11.0. The lowest BCUT2D eigenvalue weighted by molar-refractivity contribution is -0.915. The second kappa shape index (κ2) is 6.39. The van der Waals surface area contributed by atoms with Gasteiger partial charge in [0, 0.05) is 12.8 Å². The maximum absolute atomic E-state index is 4.17. The van der Waals surface area contributed by atoms with E-state index in [4.69, 9.17) is 0 Å². The van der Waals surface area contributed by atoms with Crippen LogP contribution in [0.15, 0.2) is 0 Å². The molecule has 2 heteroatoms. The molecule has 0 amide bonds. The van der Waals surface area contributed by atoms with E-state index in [9.17, 15) is 0 Å². The Bertz CT molecular complexity index is 125. The monoisotopic (exact) mass is 186 g/mol. The minimum absolute atomic E-state index is 0.731. The average molecular weight is 186 g/mol. The first-order valence-electron chi connectivity index (χ1n) is 5.99. The number of unbranched alkanes of at least 4 members (excludes halogenated alkanes) is 3. The van der Waals surface area contributed by atoms with Crippen molar-refractivity contribution in [2.24, 2.45) is 0 Å². The fraction of sp³-hybridized carbons (Fsp3) is 1.00. The van der Waals surface area contributed by atoms with Gasteiger partial charge in [-0.05, 0) is 12.8 Å². The largest absolute Gasteiger partial charge is 0.350 e. The van der Waals surface area contributed by atoms with E-state index in [1.165, 1.54) is 58.2 Å². The highest BCUT2D eigenvalue weighted by Gasteiger charge is 2.21. The Balaban J connectivity index is 2.00. The highest BCUT2D eigenvalue weighted by molar-refractivity contribution is 4.56. The van der Waals surface area contributed by atoms with Gasteiger partial charge in [0.25, 0.3) is 0 Å². The van der Waals surface area contributed by atoms with Crippen molar-refractivity contribution in [1.29, 1.82) is 0 Å². The number of hydrogen-bond donors (Lipinski definition) is 2. The van der Waals surface area contributed by atoms with E-state index in [2.05, 4.69) is 12.7 Å². The third-order valence-electron chi connectivity index (χ3n) is 3.10. The molecular formula is C11H26N2+2. The van der Waals surface area contributed by atoms with Gasteiger partial charge in [0.2, 0.25) is 0 Å². The zero-order valence-electron chi connectivity index (χ0n) is 9.15. The van der Waals surface area contributed by atoms with Crippen LogP contribution in [0.3, 0.4) is 0 Å². The molecule has 0 aromatic heterocycles. The van der Waals surface area contributed by atoms with Crippen LogP contribution in [0, 0.1) is 0 Å². The van der Waals surface area contributed by atoms with Crippen molar-refractivity contribution in [1.82, 2.24) is 0 Å². The second-order valence-electron chi connectivity index (χ2n) is 4.52. The maximum Gasteiger partial charge on any atom is 0.134 e. The van der Waals surface area contributed by atoms with Gasteiger partial charge in [-0.1, -0.05) is 19.8 Å². The number of likely N-dealkylation sites (tertiary alicyclic amines) is 1. The van der Waals surface area contributed by atoms with Crippen molar-refractivity contribution < 1.29 is 10.6 Å². The first-order chi connectivity index (χ1) is 6.33. The Kier molecular flexibility index (Phi) is 5.40. The molecule has 0 aromatic rings. The van der Waals surface area contributed by atoms with E-state index in [-0.39, 0.29) is 0 Å². The van der Waals surface area contributed by atoms with Crippen molar-refractivity contribution >= 4 is 0 Å². The molecule has 13 heavy (non-hydrogen) atoms. The van der Waals surface area contributed by atoms with Crippen molar-refractivity contribution in [3.05, 3.63) is 0 Å². The molecule has 2 atom stereocenters. The number of hydrogen-bond acceptors (Lipinski definition) is 0. The third-order valence-corrected chi connectivity index (χ3v) is 3.10. The van der Waals surface area contributed by atoms with E-state index in [1.54, 1.807) is 0 Å². The van der Waals surface area contributed by atoms with Crippen LogP contribution in [0.1, 0.15) is 45.4 Å². The minimum Gasteiger partial charge on any atom is -0.350 e. The first-order valence-corrected chi connectivity index (χ1v) is 5.99. The summed E-state index contributed by atoms with van der Waals surface area (Å²) in [4.78, 5) is 1.81. The summed E-state index contributed by atoms with van der Waals surface area (Å²) in [5.74, 6) is 0. The maximum atomic E-state index is 4.17. The number of rotatable bonds is 5. The topological polar surface area (TPSA) is 32.1 Å². The summed E-state index contributed by atoms with van der Waals surface area (Å²) in [7, 11) is 0. The molecule has 0 aliphatic carbocycles. The normalized spacial score (nSPS) is 29.1. The SMILES string of the molecule is CCCCCC[NH+]1CCCC([NH3+])C1. The predicted molar refractivity (Wildman–Crippen MR) is 55.6 cm³/mol. The second-order valence-corrected chi connectivity index (χ2v) is 4.52. The molecule has 0 spiro atoms. The fourth-order valence-electron chi connectivity index (χ4n) is 2.28. The summed E-state index contributed by atoms with van der Waals surface area (Å²) in [6.07, 6.45) is 8.39. The van der Waals surface area contributed by atoms with Crippen LogP contribution in [0.5, 0.6) is 0 Å². The highest BCUT2D eigenvalue weighted by Crippen LogP contribution is 1.97. The molecule has 0 aromatic carbocycles. The summed E-state index contributed by atoms with van der Waals surface area (Å²) in [5.41, 5.74) is 4.17. The smallest absolute Gasteiger partial charge is 0.134 e. The summed E-state index contributed by atoms with van der Waals surface area (Å²) < 4.78 is 0. The molecule has 0 radical (unpaired) electrons. The van der Waals surface area contributed by atoms with E-state index < -0.39 is 0 Å². The van der Waals surface area contributed by atoms with E-state index in [0.717, 1.165) is 6.04 Å². The van der Waals surface area contributed by atoms with Gasteiger partial charge in [-0.2, -0.15) is 0 Å².